The first kappa shape index (κ1) is 14.1. The normalized spacial score (nSPS) is 11.2. The van der Waals surface area contributed by atoms with Crippen LogP contribution >= 0.6 is 0 Å². The van der Waals surface area contributed by atoms with Crippen molar-refractivity contribution >= 4 is 11.9 Å². The van der Waals surface area contributed by atoms with E-state index in [0.717, 1.165) is 27.8 Å². The van der Waals surface area contributed by atoms with Crippen molar-refractivity contribution in [1.82, 2.24) is 0 Å². The number of hydrogen-bond donors (Lipinski definition) is 2. The molecule has 1 heterocycles. The van der Waals surface area contributed by atoms with Gasteiger partial charge in [-0.1, -0.05) is 0 Å². The van der Waals surface area contributed by atoms with Crippen LogP contribution in [0.4, 0.5) is 0 Å². The van der Waals surface area contributed by atoms with Gasteiger partial charge in [-0.15, -0.1) is 0 Å². The fourth-order valence-electron chi connectivity index (χ4n) is 2.72. The Morgan fingerprint density at radius 2 is 1.70 bits per heavy atom. The third-order valence-electron chi connectivity index (χ3n) is 3.70. The molecular formula is C15H16O5. The molecule has 1 aliphatic heterocycles. The Kier molecular flexibility index (Phi) is 3.79. The molecule has 106 valence electrons. The van der Waals surface area contributed by atoms with Crippen LogP contribution in [0.2, 0.25) is 0 Å². The first-order chi connectivity index (χ1) is 9.41. The van der Waals surface area contributed by atoms with Crippen molar-refractivity contribution in [1.29, 1.82) is 0 Å². The molecule has 0 bridgehead atoms. The molecule has 0 aromatic heterocycles. The minimum atomic E-state index is -0.997. The number of aliphatic carboxylic acids is 2. The third-order valence-corrected chi connectivity index (χ3v) is 3.70. The van der Waals surface area contributed by atoms with Crippen molar-refractivity contribution in [3.05, 3.63) is 35.3 Å². The number of fused-ring (bicyclic) bond motifs is 1. The lowest BCUT2D eigenvalue weighted by molar-refractivity contribution is -0.139. The lowest BCUT2D eigenvalue weighted by atomic mass is 9.89. The highest BCUT2D eigenvalue weighted by molar-refractivity contribution is 5.80. The van der Waals surface area contributed by atoms with Crippen molar-refractivity contribution in [2.24, 2.45) is 0 Å². The van der Waals surface area contributed by atoms with Crippen LogP contribution in [0.25, 0.3) is 11.1 Å². The SMILES string of the molecule is Cc1c2coccc-2c(C(CC(=O)O)CC(=O)O)c1C. The van der Waals surface area contributed by atoms with E-state index in [1.54, 1.807) is 12.3 Å². The number of carboxylic acids is 2. The van der Waals surface area contributed by atoms with Crippen LogP contribution < -0.4 is 0 Å². The van der Waals surface area contributed by atoms with Crippen LogP contribution in [0.15, 0.2) is 23.0 Å². The molecule has 0 saturated carbocycles. The van der Waals surface area contributed by atoms with Gasteiger partial charge in [0.15, 0.2) is 0 Å². The van der Waals surface area contributed by atoms with E-state index in [0.29, 0.717) is 0 Å². The molecule has 2 N–H and O–H groups in total. The summed E-state index contributed by atoms with van der Waals surface area (Å²) in [4.78, 5) is 22.0. The molecule has 0 spiro atoms. The van der Waals surface area contributed by atoms with Gasteiger partial charge in [0.1, 0.15) is 0 Å². The quantitative estimate of drug-likeness (QED) is 0.876. The summed E-state index contributed by atoms with van der Waals surface area (Å²) in [6.07, 6.45) is 2.73. The molecule has 5 nitrogen and oxygen atoms in total. The minimum absolute atomic E-state index is 0.197. The summed E-state index contributed by atoms with van der Waals surface area (Å²) < 4.78 is 5.15. The fraction of sp³-hybridized carbons (Fsp3) is 0.333. The van der Waals surface area contributed by atoms with Crippen LogP contribution in [0.1, 0.15) is 35.4 Å². The second kappa shape index (κ2) is 5.36. The van der Waals surface area contributed by atoms with E-state index in [1.165, 1.54) is 6.26 Å². The number of carboxylic acid groups (broad SMARTS) is 2. The number of rotatable bonds is 5. The van der Waals surface area contributed by atoms with Crippen LogP contribution in [-0.2, 0) is 9.59 Å². The Labute approximate surface area is 116 Å². The Bertz CT molecular complexity index is 610. The van der Waals surface area contributed by atoms with Gasteiger partial charge in [-0.3, -0.25) is 9.59 Å². The van der Waals surface area contributed by atoms with Gasteiger partial charge in [0.25, 0.3) is 0 Å². The van der Waals surface area contributed by atoms with E-state index in [2.05, 4.69) is 0 Å². The maximum atomic E-state index is 11.0. The molecule has 5 heteroatoms. The highest BCUT2D eigenvalue weighted by Gasteiger charge is 2.28. The van der Waals surface area contributed by atoms with Crippen molar-refractivity contribution in [2.75, 3.05) is 0 Å². The monoisotopic (exact) mass is 276 g/mol. The van der Waals surface area contributed by atoms with Gasteiger partial charge in [0.2, 0.25) is 0 Å². The van der Waals surface area contributed by atoms with Crippen molar-refractivity contribution in [3.8, 4) is 11.1 Å². The standard InChI is InChI=1S/C15H16O5/c1-8-9(2)15(11-3-4-20-7-12(8)11)10(5-13(16)17)6-14(18)19/h3-4,7,10H,5-6H2,1-2H3,(H,16,17)(H,18,19). The van der Waals surface area contributed by atoms with E-state index in [9.17, 15) is 9.59 Å². The molecule has 2 aliphatic rings. The van der Waals surface area contributed by atoms with Gasteiger partial charge >= 0.3 is 11.9 Å². The maximum absolute atomic E-state index is 11.0. The largest absolute Gasteiger partial charge is 0.481 e. The molecule has 0 saturated heterocycles. The Hall–Kier alpha value is -2.30. The average molecular weight is 276 g/mol. The maximum Gasteiger partial charge on any atom is 0.303 e. The Morgan fingerprint density at radius 3 is 2.25 bits per heavy atom. The molecule has 0 fully saturated rings. The second-order valence-corrected chi connectivity index (χ2v) is 4.94. The summed E-state index contributed by atoms with van der Waals surface area (Å²) in [5.74, 6) is -2.53. The molecule has 0 amide bonds. The molecule has 0 aromatic rings. The molecule has 0 atom stereocenters. The van der Waals surface area contributed by atoms with Crippen LogP contribution in [0.3, 0.4) is 0 Å². The first-order valence-corrected chi connectivity index (χ1v) is 6.30. The molecule has 1 aliphatic carbocycles. The zero-order chi connectivity index (χ0) is 14.9. The van der Waals surface area contributed by atoms with Gasteiger partial charge in [0, 0.05) is 11.5 Å². The van der Waals surface area contributed by atoms with Gasteiger partial charge < -0.3 is 14.6 Å². The van der Waals surface area contributed by atoms with Crippen molar-refractivity contribution < 1.29 is 24.2 Å². The topological polar surface area (TPSA) is 87.7 Å². The molecule has 20 heavy (non-hydrogen) atoms. The van der Waals surface area contributed by atoms with Crippen molar-refractivity contribution in [2.45, 2.75) is 32.6 Å². The summed E-state index contributed by atoms with van der Waals surface area (Å²) in [5.41, 5.74) is 4.52. The molecule has 0 unspecified atom stereocenters. The molecule has 0 radical (unpaired) electrons. The fourth-order valence-corrected chi connectivity index (χ4v) is 2.72. The lowest BCUT2D eigenvalue weighted by Crippen LogP contribution is -2.12. The Balaban J connectivity index is 2.55. The molecule has 2 rings (SSSR count). The first-order valence-electron chi connectivity index (χ1n) is 6.30. The molecular weight excluding hydrogens is 260 g/mol. The van der Waals surface area contributed by atoms with Gasteiger partial charge in [-0.2, -0.15) is 0 Å². The lowest BCUT2D eigenvalue weighted by Gasteiger charge is -2.15. The second-order valence-electron chi connectivity index (χ2n) is 4.94. The third kappa shape index (κ3) is 2.52. The number of hydrogen-bond acceptors (Lipinski definition) is 3. The van der Waals surface area contributed by atoms with E-state index >= 15 is 0 Å². The predicted molar refractivity (Wildman–Crippen MR) is 72.1 cm³/mol. The predicted octanol–water partition coefficient (Wildman–Crippen LogP) is 3.03. The van der Waals surface area contributed by atoms with Gasteiger partial charge in [-0.25, -0.2) is 0 Å². The zero-order valence-electron chi connectivity index (χ0n) is 11.3. The summed E-state index contributed by atoms with van der Waals surface area (Å²) in [6, 6.07) is 1.77. The highest BCUT2D eigenvalue weighted by atomic mass is 16.4. The van der Waals surface area contributed by atoms with E-state index in [4.69, 9.17) is 14.6 Å². The van der Waals surface area contributed by atoms with E-state index in [-0.39, 0.29) is 12.8 Å². The van der Waals surface area contributed by atoms with Crippen LogP contribution in [0, 0.1) is 13.8 Å². The van der Waals surface area contributed by atoms with E-state index in [1.807, 2.05) is 13.8 Å². The van der Waals surface area contributed by atoms with Crippen LogP contribution in [-0.4, -0.2) is 22.2 Å². The van der Waals surface area contributed by atoms with Crippen LogP contribution in [0.5, 0.6) is 0 Å². The minimum Gasteiger partial charge on any atom is -0.481 e. The van der Waals surface area contributed by atoms with Crippen molar-refractivity contribution in [3.63, 3.8) is 0 Å². The summed E-state index contributed by atoms with van der Waals surface area (Å²) in [5, 5.41) is 18.0. The Morgan fingerprint density at radius 1 is 1.10 bits per heavy atom. The van der Waals surface area contributed by atoms with Gasteiger partial charge in [-0.05, 0) is 42.2 Å². The number of carbonyl (C=O) groups is 2. The van der Waals surface area contributed by atoms with E-state index < -0.39 is 17.9 Å². The molecule has 0 aromatic carbocycles. The highest BCUT2D eigenvalue weighted by Crippen LogP contribution is 2.42. The smallest absolute Gasteiger partial charge is 0.303 e. The average Bonchev–Trinajstić information content (AvgIpc) is 2.61. The summed E-state index contributed by atoms with van der Waals surface area (Å²) >= 11 is 0. The summed E-state index contributed by atoms with van der Waals surface area (Å²) in [6.45, 7) is 3.82. The summed E-state index contributed by atoms with van der Waals surface area (Å²) in [7, 11) is 0. The zero-order valence-corrected chi connectivity index (χ0v) is 11.3. The van der Waals surface area contributed by atoms with Gasteiger partial charge in [0.05, 0.1) is 25.4 Å².